The molecule has 0 unspecified atom stereocenters. The average Bonchev–Trinajstić information content (AvgIpc) is 3.20. The molecule has 1 aromatic heterocycles. The van der Waals surface area contributed by atoms with Gasteiger partial charge in [0.25, 0.3) is 5.82 Å². The predicted octanol–water partition coefficient (Wildman–Crippen LogP) is 9.54. The number of aromatic amines is 1. The number of rotatable bonds is 23. The van der Waals surface area contributed by atoms with Crippen molar-refractivity contribution in [3.05, 3.63) is 18.2 Å². The maximum absolute atomic E-state index is 3.51. The van der Waals surface area contributed by atoms with Crippen molar-refractivity contribution in [1.82, 2.24) is 4.98 Å². The molecule has 1 aromatic rings. The average molecular weight is 434 g/mol. The Balaban J connectivity index is 1.95. The fraction of sp³-hybridized carbons (Fsp3) is 0.897. The van der Waals surface area contributed by atoms with Crippen LogP contribution >= 0.6 is 0 Å². The van der Waals surface area contributed by atoms with Gasteiger partial charge in [-0.15, -0.1) is 0 Å². The number of nitrogens with zero attached hydrogens (tertiary/aromatic N) is 1. The highest BCUT2D eigenvalue weighted by Gasteiger charge is 2.20. The van der Waals surface area contributed by atoms with E-state index in [2.05, 4.69) is 42.8 Å². The van der Waals surface area contributed by atoms with Crippen LogP contribution in [-0.2, 0) is 7.05 Å². The Morgan fingerprint density at radius 3 is 1.29 bits per heavy atom. The zero-order valence-corrected chi connectivity index (χ0v) is 21.7. The van der Waals surface area contributed by atoms with Crippen LogP contribution in [-0.4, -0.2) is 4.98 Å². The molecule has 0 radical (unpaired) electrons. The zero-order chi connectivity index (χ0) is 22.4. The molecule has 2 heteroatoms. The molecule has 1 heterocycles. The predicted molar refractivity (Wildman–Crippen MR) is 138 cm³/mol. The molecule has 0 fully saturated rings. The van der Waals surface area contributed by atoms with Crippen molar-refractivity contribution in [2.45, 2.75) is 161 Å². The highest BCUT2D eigenvalue weighted by molar-refractivity contribution is 4.89. The molecule has 31 heavy (non-hydrogen) atoms. The Labute approximate surface area is 196 Å². The lowest BCUT2D eigenvalue weighted by molar-refractivity contribution is -0.679. The van der Waals surface area contributed by atoms with E-state index in [0.717, 1.165) is 5.92 Å². The van der Waals surface area contributed by atoms with Gasteiger partial charge >= 0.3 is 0 Å². The highest BCUT2D eigenvalue weighted by Crippen LogP contribution is 2.25. The van der Waals surface area contributed by atoms with Gasteiger partial charge in [0.05, 0.1) is 13.0 Å². The SMILES string of the molecule is CCCCCCCCCCCCCCCCCC[C@H](CCCCCC)c1[nH]cc[n+]1C. The molecule has 0 aliphatic rings. The number of nitrogens with one attached hydrogen (secondary N) is 1. The third-order valence-electron chi connectivity index (χ3n) is 7.11. The van der Waals surface area contributed by atoms with Gasteiger partial charge in [0, 0.05) is 0 Å². The summed E-state index contributed by atoms with van der Waals surface area (Å²) in [6, 6.07) is 0. The third kappa shape index (κ3) is 15.6. The number of hydrogen-bond donors (Lipinski definition) is 1. The minimum Gasteiger partial charge on any atom is -0.247 e. The fourth-order valence-corrected chi connectivity index (χ4v) is 5.00. The van der Waals surface area contributed by atoms with Crippen molar-refractivity contribution in [3.63, 3.8) is 0 Å². The largest absolute Gasteiger partial charge is 0.257 e. The molecule has 1 N–H and O–H groups in total. The van der Waals surface area contributed by atoms with Crippen LogP contribution in [0.4, 0.5) is 0 Å². The van der Waals surface area contributed by atoms with Gasteiger partial charge < -0.3 is 0 Å². The summed E-state index contributed by atoms with van der Waals surface area (Å²) >= 11 is 0. The summed E-state index contributed by atoms with van der Waals surface area (Å²) in [6.07, 6.45) is 35.7. The third-order valence-corrected chi connectivity index (χ3v) is 7.11. The van der Waals surface area contributed by atoms with Gasteiger partial charge in [0.1, 0.15) is 12.4 Å². The van der Waals surface area contributed by atoms with Crippen molar-refractivity contribution in [1.29, 1.82) is 0 Å². The molecule has 0 spiro atoms. The van der Waals surface area contributed by atoms with Gasteiger partial charge in [0.2, 0.25) is 0 Å². The number of H-pyrrole nitrogens is 1. The van der Waals surface area contributed by atoms with E-state index in [1.807, 2.05) is 0 Å². The van der Waals surface area contributed by atoms with E-state index in [-0.39, 0.29) is 0 Å². The van der Waals surface area contributed by atoms with E-state index >= 15 is 0 Å². The van der Waals surface area contributed by atoms with E-state index in [1.165, 1.54) is 147 Å². The Morgan fingerprint density at radius 1 is 0.581 bits per heavy atom. The molecule has 0 aromatic carbocycles. The lowest BCUT2D eigenvalue weighted by atomic mass is 9.93. The van der Waals surface area contributed by atoms with E-state index < -0.39 is 0 Å². The molecule has 2 nitrogen and oxygen atoms in total. The fourth-order valence-electron chi connectivity index (χ4n) is 5.00. The van der Waals surface area contributed by atoms with Crippen LogP contribution in [0.5, 0.6) is 0 Å². The minimum atomic E-state index is 0.725. The van der Waals surface area contributed by atoms with Gasteiger partial charge in [0.15, 0.2) is 0 Å². The molecule has 182 valence electrons. The molecule has 0 saturated heterocycles. The molecule has 1 rings (SSSR count). The summed E-state index contributed by atoms with van der Waals surface area (Å²) in [7, 11) is 2.19. The van der Waals surface area contributed by atoms with Gasteiger partial charge in [-0.3, -0.25) is 0 Å². The normalized spacial score (nSPS) is 12.5. The Bertz CT molecular complexity index is 479. The molecule has 0 aliphatic carbocycles. The van der Waals surface area contributed by atoms with Crippen LogP contribution < -0.4 is 4.57 Å². The maximum Gasteiger partial charge on any atom is 0.257 e. The van der Waals surface area contributed by atoms with Crippen LogP contribution in [0.3, 0.4) is 0 Å². The second-order valence-corrected chi connectivity index (χ2v) is 10.1. The van der Waals surface area contributed by atoms with Crippen molar-refractivity contribution >= 4 is 0 Å². The quantitative estimate of drug-likeness (QED) is 0.131. The number of aromatic nitrogens is 2. The topological polar surface area (TPSA) is 19.7 Å². The first-order valence-corrected chi connectivity index (χ1v) is 14.3. The van der Waals surface area contributed by atoms with E-state index in [1.54, 1.807) is 0 Å². The van der Waals surface area contributed by atoms with Crippen LogP contribution in [0, 0.1) is 0 Å². The molecule has 1 atom stereocenters. The Morgan fingerprint density at radius 2 is 0.935 bits per heavy atom. The molecule has 0 bridgehead atoms. The van der Waals surface area contributed by atoms with Crippen molar-refractivity contribution in [3.8, 4) is 0 Å². The molecule has 0 saturated carbocycles. The number of hydrogen-bond acceptors (Lipinski definition) is 0. The smallest absolute Gasteiger partial charge is 0.247 e. The van der Waals surface area contributed by atoms with Crippen LogP contribution in [0.15, 0.2) is 12.4 Å². The minimum absolute atomic E-state index is 0.725. The van der Waals surface area contributed by atoms with Crippen molar-refractivity contribution in [2.75, 3.05) is 0 Å². The first kappa shape index (κ1) is 28.2. The van der Waals surface area contributed by atoms with Crippen molar-refractivity contribution in [2.24, 2.45) is 7.05 Å². The summed E-state index contributed by atoms with van der Waals surface area (Å²) < 4.78 is 2.30. The standard InChI is InChI=1S/C29H56N2/c1-4-6-8-10-11-12-13-14-15-16-17-18-19-20-21-23-25-28(24-22-9-7-5-2)29-30-26-27-31(29)3/h26-28H,4-25H2,1-3H3/p+1/t28-/m0/s1. The summed E-state index contributed by atoms with van der Waals surface area (Å²) in [4.78, 5) is 3.51. The lowest BCUT2D eigenvalue weighted by Crippen LogP contribution is -2.32. The summed E-state index contributed by atoms with van der Waals surface area (Å²) in [5, 5.41) is 0. The Hall–Kier alpha value is -0.790. The molecular weight excluding hydrogens is 376 g/mol. The van der Waals surface area contributed by atoms with Crippen LogP contribution in [0.2, 0.25) is 0 Å². The number of unbranched alkanes of at least 4 members (excludes halogenated alkanes) is 18. The Kier molecular flexibility index (Phi) is 19.2. The highest BCUT2D eigenvalue weighted by atomic mass is 15.0. The second kappa shape index (κ2) is 21.1. The first-order chi connectivity index (χ1) is 15.3. The van der Waals surface area contributed by atoms with Crippen LogP contribution in [0.1, 0.15) is 167 Å². The van der Waals surface area contributed by atoms with Gasteiger partial charge in [-0.05, 0) is 12.8 Å². The van der Waals surface area contributed by atoms with E-state index in [9.17, 15) is 0 Å². The van der Waals surface area contributed by atoms with Gasteiger partial charge in [-0.2, -0.15) is 0 Å². The van der Waals surface area contributed by atoms with Crippen LogP contribution in [0.25, 0.3) is 0 Å². The number of imidazole rings is 1. The summed E-state index contributed by atoms with van der Waals surface area (Å²) in [5.41, 5.74) is 0. The molecule has 0 aliphatic heterocycles. The summed E-state index contributed by atoms with van der Waals surface area (Å²) in [5.74, 6) is 2.17. The monoisotopic (exact) mass is 433 g/mol. The van der Waals surface area contributed by atoms with E-state index in [4.69, 9.17) is 0 Å². The zero-order valence-electron chi connectivity index (χ0n) is 21.7. The molecular formula is C29H57N2+. The first-order valence-electron chi connectivity index (χ1n) is 14.3. The maximum atomic E-state index is 3.51. The van der Waals surface area contributed by atoms with E-state index in [0.29, 0.717) is 0 Å². The van der Waals surface area contributed by atoms with Gasteiger partial charge in [-0.1, -0.05) is 142 Å². The van der Waals surface area contributed by atoms with Crippen molar-refractivity contribution < 1.29 is 4.57 Å². The second-order valence-electron chi connectivity index (χ2n) is 10.1. The number of aryl methyl sites for hydroxylation is 1. The van der Waals surface area contributed by atoms with Gasteiger partial charge in [-0.25, -0.2) is 9.55 Å². The lowest BCUT2D eigenvalue weighted by Gasteiger charge is -2.13. The molecule has 0 amide bonds. The summed E-state index contributed by atoms with van der Waals surface area (Å²) in [6.45, 7) is 4.61.